The Bertz CT molecular complexity index is 977. The molecule has 11 heteroatoms. The third-order valence-electron chi connectivity index (χ3n) is 4.26. The van der Waals surface area contributed by atoms with Gasteiger partial charge in [-0.2, -0.15) is 0 Å². The normalized spacial score (nSPS) is 16.7. The number of thioether (sulfide) groups is 1. The first kappa shape index (κ1) is 20.6. The minimum absolute atomic E-state index is 0.0320. The zero-order chi connectivity index (χ0) is 21.0. The number of hydrogen-bond acceptors (Lipinski definition) is 7. The van der Waals surface area contributed by atoms with Crippen molar-refractivity contribution < 1.29 is 23.2 Å². The number of rotatable bonds is 7. The predicted octanol–water partition coefficient (Wildman–Crippen LogP) is 2.54. The molecule has 1 aliphatic rings. The standard InChI is InChI=1S/C18H18FN5O4S/c1-10-11(16(26)24(2)17(27)20-10)7-8-15-22-23-18(28-15)29-9-14(25)21-13-6-4-3-5-12(13)19/h3-6,11H,7-9H2,1-2H3,(H,21,25). The maximum absolute atomic E-state index is 13.5. The van der Waals surface area contributed by atoms with Crippen molar-refractivity contribution in [1.29, 1.82) is 0 Å². The van der Waals surface area contributed by atoms with Crippen LogP contribution >= 0.6 is 11.8 Å². The fourth-order valence-corrected chi connectivity index (χ4v) is 3.26. The summed E-state index contributed by atoms with van der Waals surface area (Å²) in [5.41, 5.74) is 0.555. The number of nitrogens with one attached hydrogen (secondary N) is 1. The van der Waals surface area contributed by atoms with Gasteiger partial charge in [0.25, 0.3) is 5.22 Å². The highest BCUT2D eigenvalue weighted by atomic mass is 32.2. The van der Waals surface area contributed by atoms with Crippen LogP contribution in [-0.4, -0.2) is 51.5 Å². The first-order valence-electron chi connectivity index (χ1n) is 8.71. The summed E-state index contributed by atoms with van der Waals surface area (Å²) in [4.78, 5) is 40.5. The van der Waals surface area contributed by atoms with Gasteiger partial charge in [0.05, 0.1) is 17.4 Å². The third kappa shape index (κ3) is 5.05. The van der Waals surface area contributed by atoms with Crippen LogP contribution in [0.25, 0.3) is 0 Å². The molecule has 29 heavy (non-hydrogen) atoms. The van der Waals surface area contributed by atoms with Crippen molar-refractivity contribution in [3.8, 4) is 0 Å². The van der Waals surface area contributed by atoms with Crippen LogP contribution in [0.2, 0.25) is 0 Å². The Labute approximate surface area is 169 Å². The fourth-order valence-electron chi connectivity index (χ4n) is 2.68. The lowest BCUT2D eigenvalue weighted by Crippen LogP contribution is -2.43. The van der Waals surface area contributed by atoms with E-state index in [0.29, 0.717) is 24.4 Å². The van der Waals surface area contributed by atoms with Crippen LogP contribution in [0.15, 0.2) is 38.9 Å². The summed E-state index contributed by atoms with van der Waals surface area (Å²) < 4.78 is 19.0. The van der Waals surface area contributed by atoms with Gasteiger partial charge in [0, 0.05) is 19.2 Å². The van der Waals surface area contributed by atoms with Gasteiger partial charge < -0.3 is 9.73 Å². The number of hydrogen-bond donors (Lipinski definition) is 1. The van der Waals surface area contributed by atoms with Gasteiger partial charge in [-0.05, 0) is 25.5 Å². The quantitative estimate of drug-likeness (QED) is 0.685. The zero-order valence-electron chi connectivity index (χ0n) is 15.7. The molecule has 9 nitrogen and oxygen atoms in total. The minimum Gasteiger partial charge on any atom is -0.416 e. The molecule has 4 amide bonds. The lowest BCUT2D eigenvalue weighted by molar-refractivity contribution is -0.129. The molecule has 3 rings (SSSR count). The van der Waals surface area contributed by atoms with Crippen LogP contribution in [0.4, 0.5) is 14.9 Å². The van der Waals surface area contributed by atoms with E-state index < -0.39 is 23.7 Å². The summed E-state index contributed by atoms with van der Waals surface area (Å²) in [6.07, 6.45) is 0.687. The van der Waals surface area contributed by atoms with E-state index >= 15 is 0 Å². The first-order chi connectivity index (χ1) is 13.8. The number of nitrogens with zero attached hydrogens (tertiary/aromatic N) is 4. The Kier molecular flexibility index (Phi) is 6.37. The maximum atomic E-state index is 13.5. The Morgan fingerprint density at radius 3 is 2.83 bits per heavy atom. The van der Waals surface area contributed by atoms with Crippen molar-refractivity contribution in [3.05, 3.63) is 36.0 Å². The molecule has 0 spiro atoms. The molecule has 1 atom stereocenters. The highest BCUT2D eigenvalue weighted by Gasteiger charge is 2.33. The van der Waals surface area contributed by atoms with Crippen LogP contribution in [0.5, 0.6) is 0 Å². The predicted molar refractivity (Wildman–Crippen MR) is 103 cm³/mol. The topological polar surface area (TPSA) is 118 Å². The Morgan fingerprint density at radius 2 is 2.07 bits per heavy atom. The highest BCUT2D eigenvalue weighted by Crippen LogP contribution is 2.21. The molecule has 152 valence electrons. The second kappa shape index (κ2) is 8.95. The molecule has 1 aromatic heterocycles. The molecule has 0 aliphatic carbocycles. The minimum atomic E-state index is -0.575. The summed E-state index contributed by atoms with van der Waals surface area (Å²) >= 11 is 1.02. The number of halogens is 1. The van der Waals surface area contributed by atoms with Crippen molar-refractivity contribution >= 4 is 41.0 Å². The number of carbonyl (C=O) groups is 3. The number of aryl methyl sites for hydroxylation is 1. The highest BCUT2D eigenvalue weighted by molar-refractivity contribution is 7.99. The number of carbonyl (C=O) groups excluding carboxylic acids is 3. The van der Waals surface area contributed by atoms with Gasteiger partial charge in [0.1, 0.15) is 5.82 Å². The Morgan fingerprint density at radius 1 is 1.31 bits per heavy atom. The van der Waals surface area contributed by atoms with Crippen LogP contribution in [-0.2, 0) is 16.0 Å². The number of urea groups is 1. The van der Waals surface area contributed by atoms with E-state index in [2.05, 4.69) is 20.5 Å². The number of aliphatic imine (C=N–C) groups is 1. The molecular weight excluding hydrogens is 401 g/mol. The third-order valence-corrected chi connectivity index (χ3v) is 5.08. The van der Waals surface area contributed by atoms with E-state index in [-0.39, 0.29) is 22.6 Å². The smallest absolute Gasteiger partial charge is 0.349 e. The molecular formula is C18H18FN5O4S. The summed E-state index contributed by atoms with van der Waals surface area (Å²) in [6, 6.07) is 5.29. The molecule has 1 N–H and O–H groups in total. The molecule has 0 saturated carbocycles. The van der Waals surface area contributed by atoms with E-state index in [1.54, 1.807) is 13.0 Å². The molecule has 1 aliphatic heterocycles. The van der Waals surface area contributed by atoms with Crippen molar-refractivity contribution in [3.63, 3.8) is 0 Å². The van der Waals surface area contributed by atoms with Gasteiger partial charge in [-0.1, -0.05) is 23.9 Å². The van der Waals surface area contributed by atoms with Gasteiger partial charge in [-0.3, -0.25) is 14.5 Å². The number of aromatic nitrogens is 2. The largest absolute Gasteiger partial charge is 0.416 e. The summed E-state index contributed by atoms with van der Waals surface area (Å²) in [5.74, 6) is -1.49. The van der Waals surface area contributed by atoms with Crippen molar-refractivity contribution in [2.45, 2.75) is 25.0 Å². The molecule has 1 unspecified atom stereocenters. The second-order valence-electron chi connectivity index (χ2n) is 6.30. The molecule has 1 aromatic carbocycles. The number of amides is 4. The summed E-state index contributed by atoms with van der Waals surface area (Å²) in [7, 11) is 1.39. The average Bonchev–Trinajstić information content (AvgIpc) is 3.14. The van der Waals surface area contributed by atoms with Gasteiger partial charge in [0.15, 0.2) is 0 Å². The van der Waals surface area contributed by atoms with Crippen molar-refractivity contribution in [1.82, 2.24) is 15.1 Å². The van der Waals surface area contributed by atoms with E-state index in [4.69, 9.17) is 4.42 Å². The molecule has 0 saturated heterocycles. The SMILES string of the molecule is CC1=NC(=O)N(C)C(=O)C1CCc1nnc(SCC(=O)Nc2ccccc2F)o1. The second-order valence-corrected chi connectivity index (χ2v) is 7.23. The molecule has 0 fully saturated rings. The van der Waals surface area contributed by atoms with Crippen LogP contribution in [0.3, 0.4) is 0 Å². The molecule has 2 aromatic rings. The van der Waals surface area contributed by atoms with Gasteiger partial charge in [-0.15, -0.1) is 10.2 Å². The van der Waals surface area contributed by atoms with Gasteiger partial charge >= 0.3 is 6.03 Å². The van der Waals surface area contributed by atoms with Gasteiger partial charge in [-0.25, -0.2) is 14.2 Å². The maximum Gasteiger partial charge on any atom is 0.349 e. The van der Waals surface area contributed by atoms with Gasteiger partial charge in [0.2, 0.25) is 17.7 Å². The first-order valence-corrected chi connectivity index (χ1v) is 9.70. The molecule has 0 bridgehead atoms. The van der Waals surface area contributed by atoms with Crippen molar-refractivity contribution in [2.75, 3.05) is 18.1 Å². The number of imide groups is 1. The van der Waals surface area contributed by atoms with E-state index in [1.807, 2.05) is 0 Å². The lowest BCUT2D eigenvalue weighted by Gasteiger charge is -2.25. The molecule has 0 radical (unpaired) electrons. The van der Waals surface area contributed by atoms with E-state index in [0.717, 1.165) is 16.7 Å². The summed E-state index contributed by atoms with van der Waals surface area (Å²) in [5, 5.41) is 10.4. The van der Waals surface area contributed by atoms with Crippen molar-refractivity contribution in [2.24, 2.45) is 10.9 Å². The molecule has 2 heterocycles. The Hall–Kier alpha value is -3.08. The zero-order valence-corrected chi connectivity index (χ0v) is 16.5. The van der Waals surface area contributed by atoms with Crippen LogP contribution in [0.1, 0.15) is 19.2 Å². The average molecular weight is 419 g/mol. The number of benzene rings is 1. The van der Waals surface area contributed by atoms with Crippen LogP contribution in [0, 0.1) is 11.7 Å². The lowest BCUT2D eigenvalue weighted by atomic mass is 9.95. The van der Waals surface area contributed by atoms with E-state index in [1.165, 1.54) is 25.2 Å². The number of anilines is 1. The number of para-hydroxylation sites is 1. The van der Waals surface area contributed by atoms with Crippen LogP contribution < -0.4 is 5.32 Å². The Balaban J connectivity index is 1.50. The monoisotopic (exact) mass is 419 g/mol. The summed E-state index contributed by atoms with van der Waals surface area (Å²) in [6.45, 7) is 1.64. The fraction of sp³-hybridized carbons (Fsp3) is 0.333. The van der Waals surface area contributed by atoms with E-state index in [9.17, 15) is 18.8 Å².